The summed E-state index contributed by atoms with van der Waals surface area (Å²) in [4.78, 5) is 10.3. The van der Waals surface area contributed by atoms with E-state index in [1.807, 2.05) is 6.92 Å². The predicted molar refractivity (Wildman–Crippen MR) is 40.3 cm³/mol. The Morgan fingerprint density at radius 1 is 1.73 bits per heavy atom. The molecule has 0 aliphatic heterocycles. The van der Waals surface area contributed by atoms with Crippen LogP contribution in [0.2, 0.25) is 0 Å². The molecule has 0 aromatic carbocycles. The maximum Gasteiger partial charge on any atom is 0.407 e. The summed E-state index contributed by atoms with van der Waals surface area (Å²) in [5.74, 6) is -1.33. The molecule has 0 aliphatic rings. The minimum absolute atomic E-state index is 0.0240. The van der Waals surface area contributed by atoms with E-state index in [9.17, 15) is 4.79 Å². The lowest BCUT2D eigenvalue weighted by atomic mass is 10.4. The fourth-order valence-corrected chi connectivity index (χ4v) is 0.629. The number of likely N-dealkylation sites (N-methyl/N-ethyl adjacent to an activating group) is 1. The van der Waals surface area contributed by atoms with Crippen LogP contribution in [0.4, 0.5) is 4.79 Å². The van der Waals surface area contributed by atoms with Gasteiger partial charge in [0.05, 0.1) is 6.54 Å². The summed E-state index contributed by atoms with van der Waals surface area (Å²) >= 11 is 0. The van der Waals surface area contributed by atoms with E-state index in [0.717, 1.165) is 0 Å². The standard InChI is InChI=1S/C5H14N4O2/c1-2-9-5(8,3-6)11-4(7)10/h9H,2-3,6,8H2,1H3,(H2,7,10). The van der Waals surface area contributed by atoms with Gasteiger partial charge in [-0.1, -0.05) is 6.92 Å². The second-order valence-corrected chi connectivity index (χ2v) is 2.05. The highest BCUT2D eigenvalue weighted by atomic mass is 16.6. The molecule has 0 rings (SSSR count). The monoisotopic (exact) mass is 162 g/mol. The van der Waals surface area contributed by atoms with E-state index >= 15 is 0 Å². The summed E-state index contributed by atoms with van der Waals surface area (Å²) in [5, 5.41) is 2.67. The summed E-state index contributed by atoms with van der Waals surface area (Å²) in [6.07, 6.45) is -0.945. The normalized spacial score (nSPS) is 15.5. The van der Waals surface area contributed by atoms with Gasteiger partial charge in [0.15, 0.2) is 0 Å². The van der Waals surface area contributed by atoms with Crippen molar-refractivity contribution in [2.75, 3.05) is 13.1 Å². The highest BCUT2D eigenvalue weighted by molar-refractivity contribution is 5.65. The van der Waals surface area contributed by atoms with Crippen molar-refractivity contribution >= 4 is 6.09 Å². The van der Waals surface area contributed by atoms with Gasteiger partial charge in [-0.2, -0.15) is 0 Å². The number of nitrogens with one attached hydrogen (secondary N) is 1. The van der Waals surface area contributed by atoms with Crippen LogP contribution < -0.4 is 22.5 Å². The number of rotatable bonds is 4. The van der Waals surface area contributed by atoms with Crippen molar-refractivity contribution in [3.05, 3.63) is 0 Å². The van der Waals surface area contributed by atoms with Crippen LogP contribution in [0.3, 0.4) is 0 Å². The van der Waals surface area contributed by atoms with Gasteiger partial charge in [0.2, 0.25) is 5.85 Å². The molecule has 0 spiro atoms. The molecule has 66 valence electrons. The Balaban J connectivity index is 3.98. The summed E-state index contributed by atoms with van der Waals surface area (Å²) in [5.41, 5.74) is 15.4. The first-order valence-corrected chi connectivity index (χ1v) is 3.26. The fourth-order valence-electron chi connectivity index (χ4n) is 0.629. The van der Waals surface area contributed by atoms with Crippen LogP contribution in [-0.4, -0.2) is 25.0 Å². The van der Waals surface area contributed by atoms with Crippen molar-refractivity contribution in [2.45, 2.75) is 12.8 Å². The van der Waals surface area contributed by atoms with Crippen molar-refractivity contribution in [1.29, 1.82) is 0 Å². The first kappa shape index (κ1) is 10.2. The van der Waals surface area contributed by atoms with E-state index in [2.05, 4.69) is 10.1 Å². The SMILES string of the molecule is CCNC(N)(CN)OC(N)=O. The Kier molecular flexibility index (Phi) is 3.80. The molecule has 0 heterocycles. The van der Waals surface area contributed by atoms with Gasteiger partial charge in [-0.25, -0.2) is 4.79 Å². The predicted octanol–water partition coefficient (Wildman–Crippen LogP) is -1.74. The minimum Gasteiger partial charge on any atom is -0.413 e. The van der Waals surface area contributed by atoms with E-state index in [-0.39, 0.29) is 6.54 Å². The number of primary amides is 1. The smallest absolute Gasteiger partial charge is 0.407 e. The highest BCUT2D eigenvalue weighted by Crippen LogP contribution is 1.94. The number of carbonyl (C=O) groups excluding carboxylic acids is 1. The third-order valence-corrected chi connectivity index (χ3v) is 1.06. The maximum absolute atomic E-state index is 10.3. The van der Waals surface area contributed by atoms with Crippen molar-refractivity contribution < 1.29 is 9.53 Å². The lowest BCUT2D eigenvalue weighted by molar-refractivity contribution is 0.00223. The van der Waals surface area contributed by atoms with Gasteiger partial charge in [-0.05, 0) is 6.54 Å². The third-order valence-electron chi connectivity index (χ3n) is 1.06. The number of ether oxygens (including phenoxy) is 1. The summed E-state index contributed by atoms with van der Waals surface area (Å²) in [6, 6.07) is 0. The first-order chi connectivity index (χ1) is 5.04. The third kappa shape index (κ3) is 3.76. The first-order valence-electron chi connectivity index (χ1n) is 3.26. The summed E-state index contributed by atoms with van der Waals surface area (Å²) in [7, 11) is 0. The zero-order valence-electron chi connectivity index (χ0n) is 6.46. The van der Waals surface area contributed by atoms with Crippen molar-refractivity contribution in [2.24, 2.45) is 17.2 Å². The molecule has 1 atom stereocenters. The van der Waals surface area contributed by atoms with Gasteiger partial charge in [-0.15, -0.1) is 0 Å². The average molecular weight is 162 g/mol. The molecule has 0 aliphatic carbocycles. The number of carbonyl (C=O) groups is 1. The van der Waals surface area contributed by atoms with Crippen LogP contribution in [0, 0.1) is 0 Å². The molecular weight excluding hydrogens is 148 g/mol. The zero-order chi connectivity index (χ0) is 8.91. The van der Waals surface area contributed by atoms with Gasteiger partial charge in [0, 0.05) is 0 Å². The molecule has 0 aromatic rings. The number of nitrogens with two attached hydrogens (primary N) is 3. The highest BCUT2D eigenvalue weighted by Gasteiger charge is 2.25. The molecule has 7 N–H and O–H groups in total. The van der Waals surface area contributed by atoms with E-state index in [0.29, 0.717) is 6.54 Å². The lowest BCUT2D eigenvalue weighted by Gasteiger charge is -2.26. The Morgan fingerprint density at radius 3 is 2.55 bits per heavy atom. The molecule has 0 radical (unpaired) electrons. The Labute approximate surface area is 65.0 Å². The van der Waals surface area contributed by atoms with E-state index in [1.165, 1.54) is 0 Å². The molecule has 0 fully saturated rings. The largest absolute Gasteiger partial charge is 0.413 e. The van der Waals surface area contributed by atoms with Gasteiger partial charge < -0.3 is 16.2 Å². The van der Waals surface area contributed by atoms with E-state index < -0.39 is 11.9 Å². The van der Waals surface area contributed by atoms with E-state index in [4.69, 9.17) is 17.2 Å². The van der Waals surface area contributed by atoms with Crippen molar-refractivity contribution in [1.82, 2.24) is 5.32 Å². The minimum atomic E-state index is -1.33. The van der Waals surface area contributed by atoms with Crippen LogP contribution in [0.5, 0.6) is 0 Å². The molecule has 6 heteroatoms. The van der Waals surface area contributed by atoms with Crippen molar-refractivity contribution in [3.8, 4) is 0 Å². The molecule has 0 bridgehead atoms. The van der Waals surface area contributed by atoms with Gasteiger partial charge in [-0.3, -0.25) is 11.1 Å². The number of hydrogen-bond donors (Lipinski definition) is 4. The molecule has 1 unspecified atom stereocenters. The lowest BCUT2D eigenvalue weighted by Crippen LogP contribution is -2.62. The molecular formula is C5H14N4O2. The summed E-state index contributed by atoms with van der Waals surface area (Å²) < 4.78 is 4.51. The number of hydrogen-bond acceptors (Lipinski definition) is 5. The van der Waals surface area contributed by atoms with Gasteiger partial charge >= 0.3 is 6.09 Å². The van der Waals surface area contributed by atoms with E-state index in [1.54, 1.807) is 0 Å². The molecule has 11 heavy (non-hydrogen) atoms. The average Bonchev–Trinajstić information content (AvgIpc) is 1.87. The Morgan fingerprint density at radius 2 is 2.27 bits per heavy atom. The quantitative estimate of drug-likeness (QED) is 0.366. The van der Waals surface area contributed by atoms with Gasteiger partial charge in [0.1, 0.15) is 0 Å². The zero-order valence-corrected chi connectivity index (χ0v) is 6.46. The topological polar surface area (TPSA) is 116 Å². The second-order valence-electron chi connectivity index (χ2n) is 2.05. The molecule has 6 nitrogen and oxygen atoms in total. The molecule has 0 saturated heterocycles. The number of amides is 1. The molecule has 0 aromatic heterocycles. The second kappa shape index (κ2) is 4.12. The van der Waals surface area contributed by atoms with Crippen LogP contribution >= 0.6 is 0 Å². The molecule has 0 saturated carbocycles. The molecule has 1 amide bonds. The van der Waals surface area contributed by atoms with Crippen molar-refractivity contribution in [3.63, 3.8) is 0 Å². The maximum atomic E-state index is 10.3. The van der Waals surface area contributed by atoms with Crippen LogP contribution in [-0.2, 0) is 4.74 Å². The Bertz CT molecular complexity index is 140. The van der Waals surface area contributed by atoms with Crippen LogP contribution in [0.25, 0.3) is 0 Å². The summed E-state index contributed by atoms with van der Waals surface area (Å²) in [6.45, 7) is 2.33. The fraction of sp³-hybridized carbons (Fsp3) is 0.800. The van der Waals surface area contributed by atoms with Crippen LogP contribution in [0.15, 0.2) is 0 Å². The van der Waals surface area contributed by atoms with Gasteiger partial charge in [0.25, 0.3) is 0 Å². The van der Waals surface area contributed by atoms with Crippen LogP contribution in [0.1, 0.15) is 6.92 Å². The Hall–Kier alpha value is -0.850.